The van der Waals surface area contributed by atoms with Crippen molar-refractivity contribution in [3.63, 3.8) is 0 Å². The second kappa shape index (κ2) is 5.58. The summed E-state index contributed by atoms with van der Waals surface area (Å²) in [6.45, 7) is 13.0. The topological polar surface area (TPSA) is 9.23 Å². The van der Waals surface area contributed by atoms with Crippen LogP contribution in [-0.2, 0) is 4.74 Å². The molecule has 0 unspecified atom stereocenters. The first-order chi connectivity index (χ1) is 5.42. The number of ether oxygens (including phenoxy) is 1. The van der Waals surface area contributed by atoms with E-state index in [9.17, 15) is 0 Å². The Morgan fingerprint density at radius 3 is 2.17 bits per heavy atom. The minimum atomic E-state index is 0.460. The summed E-state index contributed by atoms with van der Waals surface area (Å²) in [5.74, 6) is 0.666. The van der Waals surface area contributed by atoms with Crippen LogP contribution in [0.3, 0.4) is 0 Å². The van der Waals surface area contributed by atoms with Gasteiger partial charge >= 0.3 is 0 Å². The molecule has 0 aliphatic carbocycles. The van der Waals surface area contributed by atoms with Crippen LogP contribution < -0.4 is 0 Å². The zero-order valence-corrected chi connectivity index (χ0v) is 9.31. The summed E-state index contributed by atoms with van der Waals surface area (Å²) in [5.41, 5.74) is 0.460. The standard InChI is InChI=1S/C11H24O/c1-10(2)9-12-8-6-7-11(3,4)5/h10H,6-9H2,1-5H3. The van der Waals surface area contributed by atoms with E-state index in [1.54, 1.807) is 0 Å². The van der Waals surface area contributed by atoms with Gasteiger partial charge in [0.15, 0.2) is 0 Å². The van der Waals surface area contributed by atoms with Crippen molar-refractivity contribution in [2.24, 2.45) is 11.3 Å². The average Bonchev–Trinajstić information content (AvgIpc) is 1.83. The fourth-order valence-corrected chi connectivity index (χ4v) is 1.02. The zero-order chi connectivity index (χ0) is 9.61. The second-order valence-electron chi connectivity index (χ2n) is 5.13. The van der Waals surface area contributed by atoms with Gasteiger partial charge in [-0.15, -0.1) is 0 Å². The molecule has 0 radical (unpaired) electrons. The van der Waals surface area contributed by atoms with Gasteiger partial charge in [0.05, 0.1) is 0 Å². The summed E-state index contributed by atoms with van der Waals surface area (Å²) < 4.78 is 5.49. The average molecular weight is 172 g/mol. The van der Waals surface area contributed by atoms with Gasteiger partial charge in [0.2, 0.25) is 0 Å². The van der Waals surface area contributed by atoms with Crippen LogP contribution in [0, 0.1) is 11.3 Å². The van der Waals surface area contributed by atoms with Gasteiger partial charge in [0.1, 0.15) is 0 Å². The molecule has 74 valence electrons. The molecule has 0 saturated carbocycles. The minimum Gasteiger partial charge on any atom is -0.381 e. The lowest BCUT2D eigenvalue weighted by molar-refractivity contribution is 0.100. The first-order valence-corrected chi connectivity index (χ1v) is 4.99. The van der Waals surface area contributed by atoms with Gasteiger partial charge in [0, 0.05) is 13.2 Å². The Balaban J connectivity index is 3.12. The fourth-order valence-electron chi connectivity index (χ4n) is 1.02. The Kier molecular flexibility index (Phi) is 5.56. The smallest absolute Gasteiger partial charge is 0.0488 e. The molecule has 0 N–H and O–H groups in total. The van der Waals surface area contributed by atoms with Crippen molar-refractivity contribution < 1.29 is 4.74 Å². The van der Waals surface area contributed by atoms with Gasteiger partial charge < -0.3 is 4.74 Å². The molecule has 0 aliphatic rings. The van der Waals surface area contributed by atoms with Crippen molar-refractivity contribution >= 4 is 0 Å². The third-order valence-electron chi connectivity index (χ3n) is 1.67. The summed E-state index contributed by atoms with van der Waals surface area (Å²) in [7, 11) is 0. The van der Waals surface area contributed by atoms with E-state index in [1.165, 1.54) is 12.8 Å². The van der Waals surface area contributed by atoms with Crippen LogP contribution in [0.15, 0.2) is 0 Å². The highest BCUT2D eigenvalue weighted by Crippen LogP contribution is 2.20. The van der Waals surface area contributed by atoms with Gasteiger partial charge in [-0.2, -0.15) is 0 Å². The maximum absolute atomic E-state index is 5.49. The quantitative estimate of drug-likeness (QED) is 0.577. The van der Waals surface area contributed by atoms with Crippen LogP contribution in [-0.4, -0.2) is 13.2 Å². The van der Waals surface area contributed by atoms with Crippen molar-refractivity contribution in [3.8, 4) is 0 Å². The number of hydrogen-bond acceptors (Lipinski definition) is 1. The van der Waals surface area contributed by atoms with Gasteiger partial charge in [-0.05, 0) is 24.2 Å². The van der Waals surface area contributed by atoms with Crippen molar-refractivity contribution in [2.75, 3.05) is 13.2 Å². The molecule has 0 aromatic heterocycles. The van der Waals surface area contributed by atoms with Crippen LogP contribution in [0.4, 0.5) is 0 Å². The lowest BCUT2D eigenvalue weighted by Gasteiger charge is -2.17. The highest BCUT2D eigenvalue weighted by atomic mass is 16.5. The van der Waals surface area contributed by atoms with Gasteiger partial charge in [-0.25, -0.2) is 0 Å². The molecule has 12 heavy (non-hydrogen) atoms. The molecule has 0 amide bonds. The van der Waals surface area contributed by atoms with E-state index in [4.69, 9.17) is 4.74 Å². The van der Waals surface area contributed by atoms with Crippen molar-refractivity contribution in [3.05, 3.63) is 0 Å². The van der Waals surface area contributed by atoms with Crippen LogP contribution in [0.1, 0.15) is 47.5 Å². The van der Waals surface area contributed by atoms with Crippen molar-refractivity contribution in [1.29, 1.82) is 0 Å². The third kappa shape index (κ3) is 9.96. The first kappa shape index (κ1) is 12.0. The van der Waals surface area contributed by atoms with Crippen molar-refractivity contribution in [1.82, 2.24) is 0 Å². The largest absolute Gasteiger partial charge is 0.381 e. The summed E-state index contributed by atoms with van der Waals surface area (Å²) in [6, 6.07) is 0. The van der Waals surface area contributed by atoms with E-state index in [0.717, 1.165) is 13.2 Å². The highest BCUT2D eigenvalue weighted by molar-refractivity contribution is 4.60. The lowest BCUT2D eigenvalue weighted by atomic mass is 9.91. The third-order valence-corrected chi connectivity index (χ3v) is 1.67. The molecular formula is C11H24O. The lowest BCUT2D eigenvalue weighted by Crippen LogP contribution is -2.08. The predicted octanol–water partition coefficient (Wildman–Crippen LogP) is 3.49. The molecule has 1 nitrogen and oxygen atoms in total. The monoisotopic (exact) mass is 172 g/mol. The maximum Gasteiger partial charge on any atom is 0.0488 e. The molecule has 0 fully saturated rings. The summed E-state index contributed by atoms with van der Waals surface area (Å²) in [5, 5.41) is 0. The van der Waals surface area contributed by atoms with Gasteiger partial charge in [-0.3, -0.25) is 0 Å². The Morgan fingerprint density at radius 2 is 1.75 bits per heavy atom. The summed E-state index contributed by atoms with van der Waals surface area (Å²) in [4.78, 5) is 0. The van der Waals surface area contributed by atoms with Crippen LogP contribution in [0.25, 0.3) is 0 Å². The molecule has 0 bridgehead atoms. The second-order valence-corrected chi connectivity index (χ2v) is 5.13. The van der Waals surface area contributed by atoms with Gasteiger partial charge in [-0.1, -0.05) is 34.6 Å². The molecule has 0 rings (SSSR count). The van der Waals surface area contributed by atoms with E-state index >= 15 is 0 Å². The van der Waals surface area contributed by atoms with Crippen LogP contribution in [0.2, 0.25) is 0 Å². The maximum atomic E-state index is 5.49. The molecule has 0 spiro atoms. The molecule has 0 aromatic rings. The normalized spacial score (nSPS) is 12.5. The molecule has 1 heteroatoms. The first-order valence-electron chi connectivity index (χ1n) is 4.99. The molecule has 0 saturated heterocycles. The SMILES string of the molecule is CC(C)COCCCC(C)(C)C. The van der Waals surface area contributed by atoms with Crippen molar-refractivity contribution in [2.45, 2.75) is 47.5 Å². The molecule has 0 aromatic carbocycles. The molecule has 0 atom stereocenters. The van der Waals surface area contributed by atoms with E-state index in [-0.39, 0.29) is 0 Å². The predicted molar refractivity (Wildman–Crippen MR) is 54.3 cm³/mol. The van der Waals surface area contributed by atoms with E-state index in [1.807, 2.05) is 0 Å². The Morgan fingerprint density at radius 1 is 1.17 bits per heavy atom. The molecular weight excluding hydrogens is 148 g/mol. The number of rotatable bonds is 5. The zero-order valence-electron chi connectivity index (χ0n) is 9.31. The Hall–Kier alpha value is -0.0400. The van der Waals surface area contributed by atoms with E-state index < -0.39 is 0 Å². The minimum absolute atomic E-state index is 0.460. The summed E-state index contributed by atoms with van der Waals surface area (Å²) in [6.07, 6.45) is 2.45. The number of hydrogen-bond donors (Lipinski definition) is 0. The van der Waals surface area contributed by atoms with Gasteiger partial charge in [0.25, 0.3) is 0 Å². The van der Waals surface area contributed by atoms with E-state index in [2.05, 4.69) is 34.6 Å². The Labute approximate surface area is 77.5 Å². The molecule has 0 aliphatic heterocycles. The highest BCUT2D eigenvalue weighted by Gasteiger charge is 2.08. The summed E-state index contributed by atoms with van der Waals surface area (Å²) >= 11 is 0. The fraction of sp³-hybridized carbons (Fsp3) is 1.00. The molecule has 0 heterocycles. The van der Waals surface area contributed by atoms with Crippen LogP contribution in [0.5, 0.6) is 0 Å². The van der Waals surface area contributed by atoms with Crippen LogP contribution >= 0.6 is 0 Å². The Bertz CT molecular complexity index is 100. The van der Waals surface area contributed by atoms with E-state index in [0.29, 0.717) is 11.3 Å².